The SMILES string of the molecule is Nc1nccc(-c2sc(-c3ccc(=O)[nH]c3)nc2-c2cccc(NS(=O)(=O)c3c(F)cccc3F)c2F)n1. The van der Waals surface area contributed by atoms with Crippen molar-refractivity contribution in [1.82, 2.24) is 19.9 Å². The van der Waals surface area contributed by atoms with Crippen molar-refractivity contribution >= 4 is 33.0 Å². The van der Waals surface area contributed by atoms with Crippen LogP contribution in [0.3, 0.4) is 0 Å². The molecule has 0 fully saturated rings. The second kappa shape index (κ2) is 9.72. The van der Waals surface area contributed by atoms with Crippen LogP contribution in [0, 0.1) is 17.5 Å². The summed E-state index contributed by atoms with van der Waals surface area (Å²) in [6.07, 6.45) is 2.84. The first-order valence-electron chi connectivity index (χ1n) is 10.7. The van der Waals surface area contributed by atoms with Gasteiger partial charge in [-0.3, -0.25) is 9.52 Å². The van der Waals surface area contributed by atoms with Crippen LogP contribution in [0.15, 0.2) is 76.7 Å². The summed E-state index contributed by atoms with van der Waals surface area (Å²) in [6, 6.07) is 10.7. The molecule has 192 valence electrons. The first-order valence-corrected chi connectivity index (χ1v) is 13.0. The average molecular weight is 557 g/mol. The Bertz CT molecular complexity index is 1820. The molecule has 0 spiro atoms. The quantitative estimate of drug-likeness (QED) is 0.281. The Morgan fingerprint density at radius 2 is 1.68 bits per heavy atom. The number of nitrogens with one attached hydrogen (secondary N) is 2. The standard InChI is InChI=1S/C24H15F3N6O3S2/c25-14-4-2-5-15(26)22(14)38(35,36)33-16-6-1-3-13(19(16)27)20-21(17-9-10-29-24(28)31-17)37-23(32-20)12-7-8-18(34)30-11-12/h1-11,33H,(H,30,34)(H2,28,29,31). The number of nitrogens with zero attached hydrogens (tertiary/aromatic N) is 3. The number of H-pyrrole nitrogens is 1. The van der Waals surface area contributed by atoms with E-state index in [0.29, 0.717) is 21.1 Å². The van der Waals surface area contributed by atoms with Crippen LogP contribution in [0.2, 0.25) is 0 Å². The van der Waals surface area contributed by atoms with Gasteiger partial charge in [-0.25, -0.2) is 36.5 Å². The molecule has 0 aliphatic heterocycles. The maximum atomic E-state index is 15.8. The summed E-state index contributed by atoms with van der Waals surface area (Å²) >= 11 is 1.12. The number of aromatic nitrogens is 4. The Labute approximate surface area is 216 Å². The van der Waals surface area contributed by atoms with Crippen molar-refractivity contribution in [2.75, 3.05) is 10.5 Å². The van der Waals surface area contributed by atoms with Gasteiger partial charge in [0, 0.05) is 29.6 Å². The number of benzene rings is 2. The van der Waals surface area contributed by atoms with E-state index in [9.17, 15) is 22.0 Å². The number of sulfonamides is 1. The molecule has 4 N–H and O–H groups in total. The van der Waals surface area contributed by atoms with Crippen molar-refractivity contribution in [2.24, 2.45) is 0 Å². The molecule has 0 atom stereocenters. The zero-order valence-electron chi connectivity index (χ0n) is 18.9. The lowest BCUT2D eigenvalue weighted by atomic mass is 10.1. The second-order valence-corrected chi connectivity index (χ2v) is 10.4. The molecule has 0 unspecified atom stereocenters. The zero-order chi connectivity index (χ0) is 27.0. The van der Waals surface area contributed by atoms with Crippen molar-refractivity contribution in [3.05, 3.63) is 94.8 Å². The number of aromatic amines is 1. The Kier molecular flexibility index (Phi) is 6.42. The van der Waals surface area contributed by atoms with E-state index < -0.39 is 38.1 Å². The van der Waals surface area contributed by atoms with Gasteiger partial charge in [-0.15, -0.1) is 11.3 Å². The van der Waals surface area contributed by atoms with Crippen molar-refractivity contribution in [3.8, 4) is 32.4 Å². The summed E-state index contributed by atoms with van der Waals surface area (Å²) in [4.78, 5) is 25.7. The molecule has 0 aliphatic rings. The lowest BCUT2D eigenvalue weighted by molar-refractivity contribution is 0.521. The molecule has 3 heterocycles. The summed E-state index contributed by atoms with van der Waals surface area (Å²) in [5.74, 6) is -3.75. The summed E-state index contributed by atoms with van der Waals surface area (Å²) in [5, 5.41) is 0.391. The summed E-state index contributed by atoms with van der Waals surface area (Å²) < 4.78 is 71.5. The third-order valence-corrected chi connectivity index (χ3v) is 7.79. The van der Waals surface area contributed by atoms with Gasteiger partial charge in [0.15, 0.2) is 10.7 Å². The van der Waals surface area contributed by atoms with Crippen LogP contribution in [-0.4, -0.2) is 28.4 Å². The predicted octanol–water partition coefficient (Wildman–Crippen LogP) is 4.42. The van der Waals surface area contributed by atoms with E-state index in [1.807, 2.05) is 4.72 Å². The Morgan fingerprint density at radius 3 is 2.37 bits per heavy atom. The summed E-state index contributed by atoms with van der Waals surface area (Å²) in [6.45, 7) is 0. The lowest BCUT2D eigenvalue weighted by Gasteiger charge is -2.12. The highest BCUT2D eigenvalue weighted by Crippen LogP contribution is 2.41. The largest absolute Gasteiger partial charge is 0.368 e. The minimum atomic E-state index is -4.83. The van der Waals surface area contributed by atoms with Crippen LogP contribution >= 0.6 is 11.3 Å². The molecule has 14 heteroatoms. The highest BCUT2D eigenvalue weighted by Gasteiger charge is 2.27. The monoisotopic (exact) mass is 556 g/mol. The third-order valence-electron chi connectivity index (χ3n) is 5.25. The van der Waals surface area contributed by atoms with Gasteiger partial charge in [-0.1, -0.05) is 12.1 Å². The van der Waals surface area contributed by atoms with Gasteiger partial charge >= 0.3 is 0 Å². The third kappa shape index (κ3) is 4.73. The summed E-state index contributed by atoms with van der Waals surface area (Å²) in [7, 11) is -4.83. The highest BCUT2D eigenvalue weighted by atomic mass is 32.2. The molecule has 9 nitrogen and oxygen atoms in total. The number of thiazole rings is 1. The first kappa shape index (κ1) is 25.1. The van der Waals surface area contributed by atoms with E-state index in [-0.39, 0.29) is 22.8 Å². The van der Waals surface area contributed by atoms with Gasteiger partial charge in [0.25, 0.3) is 10.0 Å². The first-order chi connectivity index (χ1) is 18.1. The van der Waals surface area contributed by atoms with E-state index in [2.05, 4.69) is 19.9 Å². The van der Waals surface area contributed by atoms with E-state index in [1.54, 1.807) is 0 Å². The van der Waals surface area contributed by atoms with E-state index in [4.69, 9.17) is 5.73 Å². The van der Waals surface area contributed by atoms with Crippen LogP contribution < -0.4 is 16.0 Å². The molecule has 0 bridgehead atoms. The zero-order valence-corrected chi connectivity index (χ0v) is 20.6. The molecule has 0 saturated heterocycles. The number of pyridine rings is 1. The number of hydrogen-bond donors (Lipinski definition) is 3. The predicted molar refractivity (Wildman–Crippen MR) is 136 cm³/mol. The maximum Gasteiger partial charge on any atom is 0.267 e. The van der Waals surface area contributed by atoms with E-state index in [0.717, 1.165) is 35.6 Å². The number of hydrogen-bond acceptors (Lipinski definition) is 8. The van der Waals surface area contributed by atoms with Gasteiger partial charge in [-0.05, 0) is 36.4 Å². The molecule has 0 amide bonds. The van der Waals surface area contributed by atoms with Gasteiger partial charge in [0.2, 0.25) is 11.5 Å². The van der Waals surface area contributed by atoms with Crippen molar-refractivity contribution in [1.29, 1.82) is 0 Å². The highest BCUT2D eigenvalue weighted by molar-refractivity contribution is 7.92. The Balaban J connectivity index is 1.65. The molecule has 3 aromatic heterocycles. The van der Waals surface area contributed by atoms with E-state index in [1.165, 1.54) is 42.7 Å². The number of nitrogen functional groups attached to an aromatic ring is 1. The van der Waals surface area contributed by atoms with Crippen molar-refractivity contribution < 1.29 is 21.6 Å². The van der Waals surface area contributed by atoms with Crippen molar-refractivity contribution in [2.45, 2.75) is 4.90 Å². The molecule has 5 aromatic rings. The van der Waals surface area contributed by atoms with Crippen molar-refractivity contribution in [3.63, 3.8) is 0 Å². The molecule has 0 radical (unpaired) electrons. The van der Waals surface area contributed by atoms with Crippen LogP contribution in [0.5, 0.6) is 0 Å². The average Bonchev–Trinajstić information content (AvgIpc) is 3.31. The number of rotatable bonds is 6. The molecule has 0 aliphatic carbocycles. The second-order valence-electron chi connectivity index (χ2n) is 7.76. The van der Waals surface area contributed by atoms with E-state index >= 15 is 4.39 Å². The van der Waals surface area contributed by atoms with Crippen LogP contribution in [0.4, 0.5) is 24.8 Å². The molecule has 38 heavy (non-hydrogen) atoms. The number of anilines is 2. The normalized spacial score (nSPS) is 11.4. The fourth-order valence-corrected chi connectivity index (χ4v) is 5.82. The topological polar surface area (TPSA) is 144 Å². The Hall–Kier alpha value is -4.56. The lowest BCUT2D eigenvalue weighted by Crippen LogP contribution is -2.17. The van der Waals surface area contributed by atoms with Gasteiger partial charge in [0.05, 0.1) is 22.0 Å². The maximum absolute atomic E-state index is 15.8. The fraction of sp³-hybridized carbons (Fsp3) is 0. The number of nitrogens with two attached hydrogens (primary N) is 1. The minimum absolute atomic E-state index is 0.0404. The number of halogens is 3. The molecule has 5 rings (SSSR count). The molecule has 0 saturated carbocycles. The fourth-order valence-electron chi connectivity index (χ4n) is 3.57. The molecular formula is C24H15F3N6O3S2. The molecule has 2 aromatic carbocycles. The van der Waals surface area contributed by atoms with Gasteiger partial charge in [-0.2, -0.15) is 0 Å². The van der Waals surface area contributed by atoms with Crippen LogP contribution in [0.25, 0.3) is 32.4 Å². The van der Waals surface area contributed by atoms with Crippen LogP contribution in [0.1, 0.15) is 0 Å². The van der Waals surface area contributed by atoms with Gasteiger partial charge in [0.1, 0.15) is 16.6 Å². The smallest absolute Gasteiger partial charge is 0.267 e. The summed E-state index contributed by atoms with van der Waals surface area (Å²) in [5.41, 5.74) is 5.65. The van der Waals surface area contributed by atoms with Gasteiger partial charge < -0.3 is 10.7 Å². The minimum Gasteiger partial charge on any atom is -0.368 e. The van der Waals surface area contributed by atoms with Crippen LogP contribution in [-0.2, 0) is 10.0 Å². The molecular weight excluding hydrogens is 541 g/mol. The Morgan fingerprint density at radius 1 is 0.947 bits per heavy atom.